The van der Waals surface area contributed by atoms with Gasteiger partial charge < -0.3 is 14.6 Å². The maximum absolute atomic E-state index is 10.4. The van der Waals surface area contributed by atoms with E-state index in [1.54, 1.807) is 12.1 Å². The third-order valence-electron chi connectivity index (χ3n) is 3.27. The highest BCUT2D eigenvalue weighted by Gasteiger charge is 2.15. The topological polar surface area (TPSA) is 38.7 Å². The van der Waals surface area contributed by atoms with E-state index >= 15 is 0 Å². The summed E-state index contributed by atoms with van der Waals surface area (Å²) >= 11 is 5.86. The number of hydrogen-bond donors (Lipinski definition) is 1. The molecule has 104 valence electrons. The third-order valence-corrected chi connectivity index (χ3v) is 3.53. The molecule has 0 bridgehead atoms. The second-order valence-electron chi connectivity index (χ2n) is 4.71. The maximum Gasteiger partial charge on any atom is 0.161 e. The van der Waals surface area contributed by atoms with Crippen LogP contribution in [0.25, 0.3) is 0 Å². The van der Waals surface area contributed by atoms with Gasteiger partial charge in [0.25, 0.3) is 0 Å². The van der Waals surface area contributed by atoms with Gasteiger partial charge in [-0.15, -0.1) is 0 Å². The van der Waals surface area contributed by atoms with Gasteiger partial charge in [-0.1, -0.05) is 29.8 Å². The van der Waals surface area contributed by atoms with E-state index in [9.17, 15) is 5.11 Å². The first kappa shape index (κ1) is 13.3. The fraction of sp³-hybridized carbons (Fsp3) is 0.250. The van der Waals surface area contributed by atoms with Crippen LogP contribution in [0.4, 0.5) is 0 Å². The minimum atomic E-state index is -0.704. The molecule has 0 spiro atoms. The van der Waals surface area contributed by atoms with E-state index in [1.807, 2.05) is 30.3 Å². The lowest BCUT2D eigenvalue weighted by Crippen LogP contribution is -2.01. The summed E-state index contributed by atoms with van der Waals surface area (Å²) in [5, 5.41) is 11.1. The second-order valence-corrected chi connectivity index (χ2v) is 5.15. The van der Waals surface area contributed by atoms with Gasteiger partial charge in [0.05, 0.1) is 13.2 Å². The van der Waals surface area contributed by atoms with Crippen molar-refractivity contribution in [2.45, 2.75) is 12.5 Å². The van der Waals surface area contributed by atoms with Crippen molar-refractivity contribution in [3.8, 4) is 11.5 Å². The number of aliphatic hydroxyl groups is 1. The Morgan fingerprint density at radius 2 is 1.55 bits per heavy atom. The smallest absolute Gasteiger partial charge is 0.161 e. The first-order valence-corrected chi connectivity index (χ1v) is 6.95. The molecule has 2 aromatic rings. The quantitative estimate of drug-likeness (QED) is 0.919. The molecule has 0 fully saturated rings. The number of ether oxygens (including phenoxy) is 2. The summed E-state index contributed by atoms with van der Waals surface area (Å²) in [4.78, 5) is 0. The van der Waals surface area contributed by atoms with Crippen LogP contribution in [-0.2, 0) is 0 Å². The standard InChI is InChI=1S/C16H15ClO3/c17-13-5-2-11(3-6-13)16(18)12-4-7-14-15(10-12)20-9-1-8-19-14/h2-7,10,16,18H,1,8-9H2. The molecular formula is C16H15ClO3. The predicted molar refractivity (Wildman–Crippen MR) is 77.6 cm³/mol. The minimum absolute atomic E-state index is 0.632. The van der Waals surface area contributed by atoms with Crippen LogP contribution in [0.1, 0.15) is 23.7 Å². The number of aliphatic hydroxyl groups excluding tert-OH is 1. The number of benzene rings is 2. The normalized spacial score (nSPS) is 15.5. The fourth-order valence-corrected chi connectivity index (χ4v) is 2.31. The van der Waals surface area contributed by atoms with Gasteiger partial charge in [0.15, 0.2) is 11.5 Å². The fourth-order valence-electron chi connectivity index (χ4n) is 2.19. The number of halogens is 1. The first-order valence-electron chi connectivity index (χ1n) is 6.57. The zero-order valence-corrected chi connectivity index (χ0v) is 11.6. The molecule has 0 aliphatic carbocycles. The molecule has 3 rings (SSSR count). The Morgan fingerprint density at radius 1 is 0.900 bits per heavy atom. The average Bonchev–Trinajstić information content (AvgIpc) is 2.71. The zero-order valence-electron chi connectivity index (χ0n) is 10.9. The lowest BCUT2D eigenvalue weighted by Gasteiger charge is -2.14. The third kappa shape index (κ3) is 2.74. The van der Waals surface area contributed by atoms with Crippen LogP contribution in [-0.4, -0.2) is 18.3 Å². The zero-order chi connectivity index (χ0) is 13.9. The molecule has 1 unspecified atom stereocenters. The van der Waals surface area contributed by atoms with Gasteiger partial charge in [-0.05, 0) is 35.4 Å². The van der Waals surface area contributed by atoms with Crippen LogP contribution in [0.15, 0.2) is 42.5 Å². The van der Waals surface area contributed by atoms with E-state index in [0.29, 0.717) is 24.0 Å². The summed E-state index contributed by atoms with van der Waals surface area (Å²) in [6, 6.07) is 12.7. The Kier molecular flexibility index (Phi) is 3.81. The summed E-state index contributed by atoms with van der Waals surface area (Å²) in [5.74, 6) is 1.42. The Labute approximate surface area is 122 Å². The summed E-state index contributed by atoms with van der Waals surface area (Å²) in [6.07, 6.45) is 0.161. The van der Waals surface area contributed by atoms with Crippen LogP contribution in [0.3, 0.4) is 0 Å². The average molecular weight is 291 g/mol. The molecule has 0 saturated carbocycles. The molecule has 1 heterocycles. The van der Waals surface area contributed by atoms with Crippen LogP contribution in [0, 0.1) is 0 Å². The molecule has 0 aromatic heterocycles. The van der Waals surface area contributed by atoms with Gasteiger partial charge in [0, 0.05) is 11.4 Å². The molecule has 1 N–H and O–H groups in total. The molecule has 1 aliphatic rings. The van der Waals surface area contributed by atoms with Gasteiger partial charge in [-0.2, -0.15) is 0 Å². The molecule has 1 atom stereocenters. The van der Waals surface area contributed by atoms with Gasteiger partial charge in [0.2, 0.25) is 0 Å². The van der Waals surface area contributed by atoms with E-state index in [4.69, 9.17) is 21.1 Å². The highest BCUT2D eigenvalue weighted by molar-refractivity contribution is 6.30. The van der Waals surface area contributed by atoms with E-state index < -0.39 is 6.10 Å². The molecule has 1 aliphatic heterocycles. The lowest BCUT2D eigenvalue weighted by molar-refractivity contribution is 0.219. The highest BCUT2D eigenvalue weighted by Crippen LogP contribution is 2.34. The number of fused-ring (bicyclic) bond motifs is 1. The number of hydrogen-bond acceptors (Lipinski definition) is 3. The Balaban J connectivity index is 1.90. The molecule has 3 nitrogen and oxygen atoms in total. The summed E-state index contributed by atoms with van der Waals surface area (Å²) in [6.45, 7) is 1.29. The van der Waals surface area contributed by atoms with Gasteiger partial charge in [-0.3, -0.25) is 0 Å². The lowest BCUT2D eigenvalue weighted by atomic mass is 10.0. The van der Waals surface area contributed by atoms with Crippen molar-refractivity contribution < 1.29 is 14.6 Å². The molecule has 4 heteroatoms. The van der Waals surface area contributed by atoms with E-state index in [2.05, 4.69) is 0 Å². The molecular weight excluding hydrogens is 276 g/mol. The van der Waals surface area contributed by atoms with Crippen LogP contribution in [0.5, 0.6) is 11.5 Å². The van der Waals surface area contributed by atoms with E-state index in [0.717, 1.165) is 23.3 Å². The molecule has 0 amide bonds. The van der Waals surface area contributed by atoms with Gasteiger partial charge in [0.1, 0.15) is 6.10 Å². The van der Waals surface area contributed by atoms with Crippen LogP contribution >= 0.6 is 11.6 Å². The Bertz CT molecular complexity index is 595. The van der Waals surface area contributed by atoms with E-state index in [1.165, 1.54) is 0 Å². The van der Waals surface area contributed by atoms with Crippen LogP contribution in [0.2, 0.25) is 5.02 Å². The molecule has 20 heavy (non-hydrogen) atoms. The van der Waals surface area contributed by atoms with Crippen molar-refractivity contribution >= 4 is 11.6 Å². The molecule has 0 radical (unpaired) electrons. The van der Waals surface area contributed by atoms with E-state index in [-0.39, 0.29) is 0 Å². The highest BCUT2D eigenvalue weighted by atomic mass is 35.5. The van der Waals surface area contributed by atoms with Crippen molar-refractivity contribution in [3.63, 3.8) is 0 Å². The van der Waals surface area contributed by atoms with Gasteiger partial charge >= 0.3 is 0 Å². The second kappa shape index (κ2) is 5.73. The van der Waals surface area contributed by atoms with Crippen molar-refractivity contribution in [1.29, 1.82) is 0 Å². The molecule has 0 saturated heterocycles. The minimum Gasteiger partial charge on any atom is -0.490 e. The van der Waals surface area contributed by atoms with Crippen molar-refractivity contribution in [2.24, 2.45) is 0 Å². The summed E-state index contributed by atoms with van der Waals surface area (Å²) in [7, 11) is 0. The summed E-state index contributed by atoms with van der Waals surface area (Å²) < 4.78 is 11.2. The monoisotopic (exact) mass is 290 g/mol. The van der Waals surface area contributed by atoms with Crippen molar-refractivity contribution in [3.05, 3.63) is 58.6 Å². The predicted octanol–water partition coefficient (Wildman–Crippen LogP) is 3.58. The van der Waals surface area contributed by atoms with Crippen molar-refractivity contribution in [2.75, 3.05) is 13.2 Å². The number of rotatable bonds is 2. The van der Waals surface area contributed by atoms with Crippen molar-refractivity contribution in [1.82, 2.24) is 0 Å². The largest absolute Gasteiger partial charge is 0.490 e. The van der Waals surface area contributed by atoms with Crippen LogP contribution < -0.4 is 9.47 Å². The SMILES string of the molecule is OC(c1ccc(Cl)cc1)c1ccc2c(c1)OCCCO2. The summed E-state index contributed by atoms with van der Waals surface area (Å²) in [5.41, 5.74) is 1.57. The Hall–Kier alpha value is -1.71. The molecule has 2 aromatic carbocycles. The van der Waals surface area contributed by atoms with Gasteiger partial charge in [-0.25, -0.2) is 0 Å². The first-order chi connectivity index (χ1) is 9.74. The maximum atomic E-state index is 10.4. The Morgan fingerprint density at radius 3 is 2.30 bits per heavy atom.